The lowest BCUT2D eigenvalue weighted by Gasteiger charge is -2.12. The van der Waals surface area contributed by atoms with Crippen molar-refractivity contribution in [3.05, 3.63) is 45.8 Å². The standard InChI is InChI=1S/C21H26N2O5S2/c1-4-13(2)23-30(26,27)15-11-9-14(10-12-15)19(24)22-20-18(21(25)28-3)16-7-5-6-8-17(16)29-20/h9-13,23H,4-8H2,1-3H3,(H,22,24). The molecule has 1 amide bonds. The van der Waals surface area contributed by atoms with Gasteiger partial charge in [-0.2, -0.15) is 0 Å². The number of carbonyl (C=O) groups excluding carboxylic acids is 2. The molecule has 1 aliphatic rings. The molecule has 1 aromatic carbocycles. The molecule has 0 fully saturated rings. The molecule has 9 heteroatoms. The highest BCUT2D eigenvalue weighted by atomic mass is 32.2. The van der Waals surface area contributed by atoms with Crippen molar-refractivity contribution in [3.8, 4) is 0 Å². The topological polar surface area (TPSA) is 102 Å². The third-order valence-electron chi connectivity index (χ3n) is 5.18. The van der Waals surface area contributed by atoms with Crippen molar-refractivity contribution in [1.29, 1.82) is 0 Å². The molecule has 0 saturated carbocycles. The van der Waals surface area contributed by atoms with E-state index in [-0.39, 0.29) is 10.9 Å². The fourth-order valence-corrected chi connectivity index (χ4v) is 5.95. The Labute approximate surface area is 180 Å². The van der Waals surface area contributed by atoms with Gasteiger partial charge in [0.05, 0.1) is 17.6 Å². The summed E-state index contributed by atoms with van der Waals surface area (Å²) in [5.74, 6) is -0.861. The molecular formula is C21H26N2O5S2. The zero-order chi connectivity index (χ0) is 21.9. The first kappa shape index (κ1) is 22.5. The number of aryl methyl sites for hydroxylation is 1. The molecule has 1 unspecified atom stereocenters. The number of methoxy groups -OCH3 is 1. The van der Waals surface area contributed by atoms with Gasteiger partial charge in [0.2, 0.25) is 10.0 Å². The van der Waals surface area contributed by atoms with E-state index >= 15 is 0 Å². The summed E-state index contributed by atoms with van der Waals surface area (Å²) in [6.07, 6.45) is 4.41. The number of amides is 1. The Morgan fingerprint density at radius 1 is 1.17 bits per heavy atom. The number of fused-ring (bicyclic) bond motifs is 1. The fourth-order valence-electron chi connectivity index (χ4n) is 3.35. The minimum atomic E-state index is -3.64. The molecule has 7 nitrogen and oxygen atoms in total. The van der Waals surface area contributed by atoms with Gasteiger partial charge < -0.3 is 10.1 Å². The van der Waals surface area contributed by atoms with Crippen molar-refractivity contribution in [2.75, 3.05) is 12.4 Å². The molecule has 0 aliphatic heterocycles. The van der Waals surface area contributed by atoms with Crippen molar-refractivity contribution in [2.45, 2.75) is 56.9 Å². The highest BCUT2D eigenvalue weighted by molar-refractivity contribution is 7.89. The van der Waals surface area contributed by atoms with E-state index in [0.717, 1.165) is 36.1 Å². The monoisotopic (exact) mass is 450 g/mol. The summed E-state index contributed by atoms with van der Waals surface area (Å²) in [6.45, 7) is 3.69. The van der Waals surface area contributed by atoms with Crippen LogP contribution in [0.4, 0.5) is 5.00 Å². The molecule has 2 aromatic rings. The summed E-state index contributed by atoms with van der Waals surface area (Å²) < 4.78 is 32.3. The van der Waals surface area contributed by atoms with E-state index in [1.54, 1.807) is 6.92 Å². The van der Waals surface area contributed by atoms with E-state index in [0.29, 0.717) is 22.5 Å². The van der Waals surface area contributed by atoms with Crippen LogP contribution in [0.5, 0.6) is 0 Å². The quantitative estimate of drug-likeness (QED) is 0.626. The van der Waals surface area contributed by atoms with Crippen LogP contribution in [0.15, 0.2) is 29.2 Å². The van der Waals surface area contributed by atoms with Gasteiger partial charge in [0.25, 0.3) is 5.91 Å². The zero-order valence-electron chi connectivity index (χ0n) is 17.3. The summed E-state index contributed by atoms with van der Waals surface area (Å²) >= 11 is 1.41. The minimum Gasteiger partial charge on any atom is -0.465 e. The van der Waals surface area contributed by atoms with Gasteiger partial charge in [-0.1, -0.05) is 6.92 Å². The number of nitrogens with one attached hydrogen (secondary N) is 2. The highest BCUT2D eigenvalue weighted by Gasteiger charge is 2.27. The molecule has 30 heavy (non-hydrogen) atoms. The summed E-state index contributed by atoms with van der Waals surface area (Å²) in [4.78, 5) is 26.3. The fraction of sp³-hybridized carbons (Fsp3) is 0.429. The van der Waals surface area contributed by atoms with E-state index in [1.165, 1.54) is 42.7 Å². The smallest absolute Gasteiger partial charge is 0.341 e. The summed E-state index contributed by atoms with van der Waals surface area (Å²) in [5, 5.41) is 3.29. The first-order valence-electron chi connectivity index (χ1n) is 9.93. The maximum absolute atomic E-state index is 12.8. The lowest BCUT2D eigenvalue weighted by Crippen LogP contribution is -2.32. The van der Waals surface area contributed by atoms with Crippen LogP contribution in [0.1, 0.15) is 64.3 Å². The number of thiophene rings is 1. The average Bonchev–Trinajstić information content (AvgIpc) is 3.10. The Morgan fingerprint density at radius 3 is 2.47 bits per heavy atom. The Bertz CT molecular complexity index is 1040. The molecule has 0 saturated heterocycles. The second-order valence-electron chi connectivity index (χ2n) is 7.32. The first-order valence-corrected chi connectivity index (χ1v) is 12.2. The number of rotatable bonds is 7. The van der Waals surface area contributed by atoms with E-state index in [1.807, 2.05) is 6.92 Å². The largest absolute Gasteiger partial charge is 0.465 e. The van der Waals surface area contributed by atoms with Crippen LogP contribution in [-0.2, 0) is 27.6 Å². The Morgan fingerprint density at radius 2 is 1.83 bits per heavy atom. The minimum absolute atomic E-state index is 0.0983. The molecule has 1 aliphatic carbocycles. The van der Waals surface area contributed by atoms with Gasteiger partial charge in [0.1, 0.15) is 5.00 Å². The first-order chi connectivity index (χ1) is 14.3. The Kier molecular flexibility index (Phi) is 6.95. The predicted octanol–water partition coefficient (Wildman–Crippen LogP) is 3.74. The molecule has 0 radical (unpaired) electrons. The number of hydrogen-bond donors (Lipinski definition) is 2. The maximum Gasteiger partial charge on any atom is 0.341 e. The van der Waals surface area contributed by atoms with Gasteiger partial charge in [-0.25, -0.2) is 17.9 Å². The van der Waals surface area contributed by atoms with Gasteiger partial charge in [-0.3, -0.25) is 4.79 Å². The van der Waals surface area contributed by atoms with Crippen LogP contribution in [0.2, 0.25) is 0 Å². The van der Waals surface area contributed by atoms with Crippen molar-refractivity contribution in [2.24, 2.45) is 0 Å². The number of esters is 1. The highest BCUT2D eigenvalue weighted by Crippen LogP contribution is 2.38. The van der Waals surface area contributed by atoms with Crippen LogP contribution >= 0.6 is 11.3 Å². The lowest BCUT2D eigenvalue weighted by molar-refractivity contribution is 0.0601. The predicted molar refractivity (Wildman–Crippen MR) is 117 cm³/mol. The Hall–Kier alpha value is -2.23. The molecule has 3 rings (SSSR count). The number of anilines is 1. The van der Waals surface area contributed by atoms with Gasteiger partial charge in [0.15, 0.2) is 0 Å². The molecule has 0 bridgehead atoms. The van der Waals surface area contributed by atoms with Gasteiger partial charge in [0, 0.05) is 16.5 Å². The van der Waals surface area contributed by atoms with Crippen molar-refractivity contribution in [1.82, 2.24) is 4.72 Å². The molecule has 0 spiro atoms. The molecular weight excluding hydrogens is 424 g/mol. The summed E-state index contributed by atoms with van der Waals surface area (Å²) in [5.41, 5.74) is 1.70. The maximum atomic E-state index is 12.8. The normalized spacial score (nSPS) is 14.6. The lowest BCUT2D eigenvalue weighted by atomic mass is 9.95. The molecule has 1 atom stereocenters. The number of ether oxygens (including phenoxy) is 1. The molecule has 1 heterocycles. The van der Waals surface area contributed by atoms with E-state index in [9.17, 15) is 18.0 Å². The van der Waals surface area contributed by atoms with E-state index in [2.05, 4.69) is 10.0 Å². The van der Waals surface area contributed by atoms with Crippen LogP contribution < -0.4 is 10.0 Å². The van der Waals surface area contributed by atoms with Crippen LogP contribution in [0.3, 0.4) is 0 Å². The summed E-state index contributed by atoms with van der Waals surface area (Å²) in [7, 11) is -2.31. The summed E-state index contributed by atoms with van der Waals surface area (Å²) in [6, 6.07) is 5.55. The van der Waals surface area contributed by atoms with Crippen molar-refractivity contribution >= 4 is 38.2 Å². The van der Waals surface area contributed by atoms with Gasteiger partial charge in [-0.15, -0.1) is 11.3 Å². The molecule has 1 aromatic heterocycles. The zero-order valence-corrected chi connectivity index (χ0v) is 18.9. The van der Waals surface area contributed by atoms with Gasteiger partial charge >= 0.3 is 5.97 Å². The van der Waals surface area contributed by atoms with Crippen molar-refractivity contribution in [3.63, 3.8) is 0 Å². The number of carbonyl (C=O) groups is 2. The van der Waals surface area contributed by atoms with E-state index < -0.39 is 21.9 Å². The molecule has 162 valence electrons. The van der Waals surface area contributed by atoms with Crippen LogP contribution in [-0.4, -0.2) is 33.4 Å². The second-order valence-corrected chi connectivity index (χ2v) is 10.1. The van der Waals surface area contributed by atoms with Crippen LogP contribution in [0, 0.1) is 0 Å². The Balaban J connectivity index is 1.82. The number of sulfonamides is 1. The van der Waals surface area contributed by atoms with E-state index in [4.69, 9.17) is 4.74 Å². The van der Waals surface area contributed by atoms with Crippen LogP contribution in [0.25, 0.3) is 0 Å². The van der Waals surface area contributed by atoms with Crippen molar-refractivity contribution < 1.29 is 22.7 Å². The number of benzene rings is 1. The SMILES string of the molecule is CCC(C)NS(=O)(=O)c1ccc(C(=O)Nc2sc3c(c2C(=O)OC)CCCC3)cc1. The average molecular weight is 451 g/mol. The third kappa shape index (κ3) is 4.74. The second kappa shape index (κ2) is 9.28. The number of hydrogen-bond acceptors (Lipinski definition) is 6. The van der Waals surface area contributed by atoms with Gasteiger partial charge in [-0.05, 0) is 68.9 Å². The third-order valence-corrected chi connectivity index (χ3v) is 8.00. The molecule has 2 N–H and O–H groups in total.